The number of aryl methyl sites for hydroxylation is 2. The Morgan fingerprint density at radius 2 is 1.77 bits per heavy atom. The molecule has 0 spiro atoms. The van der Waals surface area contributed by atoms with E-state index in [2.05, 4.69) is 59.6 Å². The van der Waals surface area contributed by atoms with Crippen LogP contribution in [0.25, 0.3) is 0 Å². The maximum absolute atomic E-state index is 12.1. The third-order valence-corrected chi connectivity index (χ3v) is 5.88. The van der Waals surface area contributed by atoms with Gasteiger partial charge in [-0.1, -0.05) is 36.4 Å². The summed E-state index contributed by atoms with van der Waals surface area (Å²) >= 11 is 0. The van der Waals surface area contributed by atoms with Crippen molar-refractivity contribution in [2.45, 2.75) is 65.1 Å². The van der Waals surface area contributed by atoms with Crippen LogP contribution in [0.1, 0.15) is 54.4 Å². The highest BCUT2D eigenvalue weighted by Crippen LogP contribution is 2.19. The van der Waals surface area contributed by atoms with Crippen molar-refractivity contribution < 1.29 is 14.6 Å². The number of benzene rings is 2. The fourth-order valence-corrected chi connectivity index (χ4v) is 3.82. The van der Waals surface area contributed by atoms with E-state index in [1.807, 2.05) is 6.92 Å². The number of hydrogen-bond donors (Lipinski definition) is 2. The molecule has 2 N–H and O–H groups in total. The average molecular weight is 425 g/mol. The van der Waals surface area contributed by atoms with Crippen LogP contribution in [0, 0.1) is 13.8 Å². The summed E-state index contributed by atoms with van der Waals surface area (Å²) in [6, 6.07) is 14.7. The monoisotopic (exact) mass is 424 g/mol. The molecule has 1 aliphatic rings. The molecule has 0 aromatic heterocycles. The molecule has 0 bridgehead atoms. The predicted molar refractivity (Wildman–Crippen MR) is 124 cm³/mol. The van der Waals surface area contributed by atoms with Gasteiger partial charge in [0, 0.05) is 32.6 Å². The summed E-state index contributed by atoms with van der Waals surface area (Å²) in [5.41, 5.74) is 4.73. The van der Waals surface area contributed by atoms with E-state index in [4.69, 9.17) is 4.74 Å². The molecule has 168 valence electrons. The number of aliphatic hydroxyl groups is 1. The molecule has 2 aromatic rings. The Morgan fingerprint density at radius 1 is 1.06 bits per heavy atom. The van der Waals surface area contributed by atoms with Gasteiger partial charge in [-0.2, -0.15) is 0 Å². The third-order valence-electron chi connectivity index (χ3n) is 5.88. The largest absolute Gasteiger partial charge is 0.493 e. The molecule has 1 fully saturated rings. The van der Waals surface area contributed by atoms with Crippen molar-refractivity contribution in [3.05, 3.63) is 64.7 Å². The highest BCUT2D eigenvalue weighted by atomic mass is 16.5. The zero-order valence-electron chi connectivity index (χ0n) is 18.9. The molecule has 5 heteroatoms. The summed E-state index contributed by atoms with van der Waals surface area (Å²) < 4.78 is 5.85. The van der Waals surface area contributed by atoms with E-state index in [-0.39, 0.29) is 12.0 Å². The van der Waals surface area contributed by atoms with E-state index in [1.54, 1.807) is 0 Å². The molecule has 1 aliphatic heterocycles. The maximum Gasteiger partial charge on any atom is 0.220 e. The van der Waals surface area contributed by atoms with Gasteiger partial charge in [-0.05, 0) is 67.9 Å². The van der Waals surface area contributed by atoms with Gasteiger partial charge in [0.25, 0.3) is 0 Å². The number of rotatable bonds is 10. The number of unbranched alkanes of at least 4 members (excludes halogenated alkanes) is 1. The van der Waals surface area contributed by atoms with E-state index in [1.165, 1.54) is 11.1 Å². The molecule has 5 nitrogen and oxygen atoms in total. The molecule has 1 saturated heterocycles. The number of amides is 1. The minimum absolute atomic E-state index is 0.0858. The maximum atomic E-state index is 12.1. The fraction of sp³-hybridized carbons (Fsp3) is 0.500. The molecular weight excluding hydrogens is 388 g/mol. The van der Waals surface area contributed by atoms with Crippen LogP contribution in [0.15, 0.2) is 42.5 Å². The Balaban J connectivity index is 1.29. The van der Waals surface area contributed by atoms with Gasteiger partial charge < -0.3 is 15.2 Å². The Labute approximate surface area is 186 Å². The first-order valence-electron chi connectivity index (χ1n) is 11.4. The van der Waals surface area contributed by atoms with Crippen LogP contribution in [0.3, 0.4) is 0 Å². The van der Waals surface area contributed by atoms with Crippen molar-refractivity contribution in [2.75, 3.05) is 19.7 Å². The van der Waals surface area contributed by atoms with Crippen molar-refractivity contribution in [1.82, 2.24) is 10.2 Å². The highest BCUT2D eigenvalue weighted by molar-refractivity contribution is 5.75. The first-order valence-corrected chi connectivity index (χ1v) is 11.4. The third kappa shape index (κ3) is 8.00. The number of ether oxygens (including phenoxy) is 1. The topological polar surface area (TPSA) is 61.8 Å². The van der Waals surface area contributed by atoms with Crippen LogP contribution in [0.4, 0.5) is 0 Å². The molecule has 1 amide bonds. The Morgan fingerprint density at radius 3 is 2.52 bits per heavy atom. The quantitative estimate of drug-likeness (QED) is 0.563. The number of carbonyl (C=O) groups is 1. The van der Waals surface area contributed by atoms with Crippen LogP contribution in [-0.2, 0) is 17.9 Å². The Kier molecular flexibility index (Phi) is 8.92. The lowest BCUT2D eigenvalue weighted by Gasteiger charge is -2.29. The molecule has 0 saturated carbocycles. The number of hydrogen-bond acceptors (Lipinski definition) is 4. The minimum Gasteiger partial charge on any atom is -0.493 e. The van der Waals surface area contributed by atoms with Crippen LogP contribution in [0.5, 0.6) is 5.75 Å². The van der Waals surface area contributed by atoms with Gasteiger partial charge in [0.15, 0.2) is 0 Å². The summed E-state index contributed by atoms with van der Waals surface area (Å²) in [5.74, 6) is 1.02. The van der Waals surface area contributed by atoms with E-state index in [9.17, 15) is 9.90 Å². The number of aliphatic hydroxyl groups excluding tert-OH is 1. The normalized spacial score (nSPS) is 15.1. The lowest BCUT2D eigenvalue weighted by molar-refractivity contribution is -0.121. The molecule has 0 atom stereocenters. The van der Waals surface area contributed by atoms with Crippen molar-refractivity contribution in [2.24, 2.45) is 0 Å². The molecule has 31 heavy (non-hydrogen) atoms. The first kappa shape index (κ1) is 23.3. The van der Waals surface area contributed by atoms with E-state index in [0.29, 0.717) is 19.6 Å². The zero-order chi connectivity index (χ0) is 22.1. The summed E-state index contributed by atoms with van der Waals surface area (Å²) in [6.07, 6.45) is 3.80. The molecule has 0 unspecified atom stereocenters. The van der Waals surface area contributed by atoms with Gasteiger partial charge in [-0.3, -0.25) is 9.69 Å². The van der Waals surface area contributed by atoms with Crippen molar-refractivity contribution in [3.8, 4) is 5.75 Å². The van der Waals surface area contributed by atoms with Gasteiger partial charge in [0.05, 0.1) is 12.7 Å². The summed E-state index contributed by atoms with van der Waals surface area (Å²) in [7, 11) is 0. The second-order valence-electron chi connectivity index (χ2n) is 8.68. The first-order chi connectivity index (χ1) is 15.0. The summed E-state index contributed by atoms with van der Waals surface area (Å²) in [4.78, 5) is 14.5. The molecule has 1 heterocycles. The van der Waals surface area contributed by atoms with E-state index in [0.717, 1.165) is 62.2 Å². The lowest BCUT2D eigenvalue weighted by Crippen LogP contribution is -2.35. The van der Waals surface area contributed by atoms with Crippen molar-refractivity contribution in [1.29, 1.82) is 0 Å². The van der Waals surface area contributed by atoms with Crippen molar-refractivity contribution >= 4 is 5.91 Å². The van der Waals surface area contributed by atoms with E-state index >= 15 is 0 Å². The summed E-state index contributed by atoms with van der Waals surface area (Å²) in [5, 5.41) is 12.6. The fourth-order valence-electron chi connectivity index (χ4n) is 3.82. The van der Waals surface area contributed by atoms with Crippen LogP contribution in [0.2, 0.25) is 0 Å². The zero-order valence-corrected chi connectivity index (χ0v) is 18.9. The van der Waals surface area contributed by atoms with Gasteiger partial charge in [-0.15, -0.1) is 0 Å². The van der Waals surface area contributed by atoms with Crippen LogP contribution >= 0.6 is 0 Å². The highest BCUT2D eigenvalue weighted by Gasteiger charge is 2.16. The second kappa shape index (κ2) is 11.9. The lowest BCUT2D eigenvalue weighted by atomic mass is 10.1. The number of carbonyl (C=O) groups excluding carboxylic acids is 1. The molecule has 2 aromatic carbocycles. The van der Waals surface area contributed by atoms with Gasteiger partial charge in [-0.25, -0.2) is 0 Å². The van der Waals surface area contributed by atoms with Gasteiger partial charge >= 0.3 is 0 Å². The Bertz CT molecular complexity index is 827. The minimum atomic E-state index is -0.132. The van der Waals surface area contributed by atoms with Gasteiger partial charge in [0.1, 0.15) is 5.75 Å². The molecule has 0 aliphatic carbocycles. The number of nitrogens with zero attached hydrogens (tertiary/aromatic N) is 1. The van der Waals surface area contributed by atoms with Gasteiger partial charge in [0.2, 0.25) is 5.91 Å². The van der Waals surface area contributed by atoms with E-state index < -0.39 is 0 Å². The number of piperidine rings is 1. The average Bonchev–Trinajstić information content (AvgIpc) is 2.77. The second-order valence-corrected chi connectivity index (χ2v) is 8.68. The molecule has 3 rings (SSSR count). The number of nitrogens with one attached hydrogen (secondary N) is 1. The predicted octanol–water partition coefficient (Wildman–Crippen LogP) is 4.13. The molecular formula is C26H36N2O3. The van der Waals surface area contributed by atoms with Crippen molar-refractivity contribution in [3.63, 3.8) is 0 Å². The van der Waals surface area contributed by atoms with Crippen LogP contribution < -0.4 is 10.1 Å². The molecule has 0 radical (unpaired) electrons. The SMILES string of the molecule is Cc1ccc(C)c(OCCCCC(=O)NCc2ccc(CN3CCC(O)CC3)cc2)c1. The summed E-state index contributed by atoms with van der Waals surface area (Å²) in [6.45, 7) is 8.13. The van der Waals surface area contributed by atoms with Crippen LogP contribution in [-0.4, -0.2) is 41.7 Å². The Hall–Kier alpha value is -2.37. The smallest absolute Gasteiger partial charge is 0.220 e. The number of likely N-dealkylation sites (tertiary alicyclic amines) is 1. The standard InChI is InChI=1S/C26H36N2O3/c1-20-6-7-21(2)25(17-20)31-16-4-3-5-26(30)27-18-22-8-10-23(11-9-22)19-28-14-12-24(29)13-15-28/h6-11,17,24,29H,3-5,12-16,18-19H2,1-2H3,(H,27,30).